The molecule has 106 valence electrons. The maximum absolute atomic E-state index is 11.6. The van der Waals surface area contributed by atoms with Crippen molar-refractivity contribution in [1.29, 1.82) is 0 Å². The van der Waals surface area contributed by atoms with Gasteiger partial charge >= 0.3 is 5.97 Å². The van der Waals surface area contributed by atoms with Crippen LogP contribution in [0.25, 0.3) is 0 Å². The highest BCUT2D eigenvalue weighted by Gasteiger charge is 2.33. The van der Waals surface area contributed by atoms with Crippen LogP contribution >= 0.6 is 0 Å². The van der Waals surface area contributed by atoms with Crippen molar-refractivity contribution in [3.05, 3.63) is 0 Å². The van der Waals surface area contributed by atoms with Crippen LogP contribution in [0, 0.1) is 0 Å². The Morgan fingerprint density at radius 2 is 2.06 bits per heavy atom. The molecule has 0 aromatic heterocycles. The van der Waals surface area contributed by atoms with Gasteiger partial charge in [-0.2, -0.15) is 0 Å². The molecule has 1 rings (SSSR count). The van der Waals surface area contributed by atoms with Crippen LogP contribution in [0.3, 0.4) is 0 Å². The van der Waals surface area contributed by atoms with E-state index in [9.17, 15) is 4.79 Å². The molecule has 2 N–H and O–H groups in total. The van der Waals surface area contributed by atoms with E-state index < -0.39 is 5.54 Å². The molecule has 1 saturated heterocycles. The third-order valence-electron chi connectivity index (χ3n) is 3.75. The lowest BCUT2D eigenvalue weighted by molar-refractivity contribution is -0.147. The average molecular weight is 257 g/mol. The van der Waals surface area contributed by atoms with Crippen LogP contribution in [0.5, 0.6) is 0 Å². The van der Waals surface area contributed by atoms with Crippen molar-refractivity contribution in [2.75, 3.05) is 40.3 Å². The molecule has 0 spiro atoms. The first-order valence-electron chi connectivity index (χ1n) is 6.66. The van der Waals surface area contributed by atoms with Crippen molar-refractivity contribution in [2.24, 2.45) is 5.73 Å². The first kappa shape index (κ1) is 15.4. The molecule has 0 aliphatic carbocycles. The highest BCUT2D eigenvalue weighted by molar-refractivity contribution is 5.79. The Bertz CT molecular complexity index is 281. The van der Waals surface area contributed by atoms with E-state index in [1.807, 2.05) is 0 Å². The number of nitrogens with zero attached hydrogens (tertiary/aromatic N) is 2. The third-order valence-corrected chi connectivity index (χ3v) is 3.75. The van der Waals surface area contributed by atoms with Crippen LogP contribution < -0.4 is 5.73 Å². The van der Waals surface area contributed by atoms with Crippen LogP contribution in [-0.4, -0.2) is 67.7 Å². The SMILES string of the molecule is COC(=O)C(C)(N)CC(C)N1CCCN(C)CC1. The van der Waals surface area contributed by atoms with Crippen molar-refractivity contribution in [3.8, 4) is 0 Å². The Morgan fingerprint density at radius 3 is 2.67 bits per heavy atom. The molecule has 0 amide bonds. The molecule has 0 aromatic carbocycles. The molecular weight excluding hydrogens is 230 g/mol. The fourth-order valence-electron chi connectivity index (χ4n) is 2.57. The zero-order valence-corrected chi connectivity index (χ0v) is 12.1. The number of esters is 1. The molecule has 1 heterocycles. The summed E-state index contributed by atoms with van der Waals surface area (Å²) in [5.74, 6) is -0.332. The summed E-state index contributed by atoms with van der Waals surface area (Å²) in [6, 6.07) is 0.297. The Kier molecular flexibility index (Phi) is 5.56. The molecule has 0 saturated carbocycles. The van der Waals surface area contributed by atoms with E-state index in [-0.39, 0.29) is 5.97 Å². The summed E-state index contributed by atoms with van der Waals surface area (Å²) in [4.78, 5) is 16.4. The Morgan fingerprint density at radius 1 is 1.39 bits per heavy atom. The number of rotatable bonds is 4. The lowest BCUT2D eigenvalue weighted by Gasteiger charge is -2.32. The lowest BCUT2D eigenvalue weighted by Crippen LogP contribution is -2.51. The number of hydrogen-bond donors (Lipinski definition) is 1. The maximum atomic E-state index is 11.6. The van der Waals surface area contributed by atoms with Gasteiger partial charge in [-0.05, 0) is 46.8 Å². The van der Waals surface area contributed by atoms with E-state index in [1.165, 1.54) is 13.5 Å². The number of carbonyl (C=O) groups is 1. The largest absolute Gasteiger partial charge is 0.468 e. The van der Waals surface area contributed by atoms with Gasteiger partial charge in [0.05, 0.1) is 7.11 Å². The highest BCUT2D eigenvalue weighted by Crippen LogP contribution is 2.17. The highest BCUT2D eigenvalue weighted by atomic mass is 16.5. The molecule has 18 heavy (non-hydrogen) atoms. The molecule has 2 atom stereocenters. The normalized spacial score (nSPS) is 24.1. The summed E-state index contributed by atoms with van der Waals surface area (Å²) in [5.41, 5.74) is 5.14. The Hall–Kier alpha value is -0.650. The number of ether oxygens (including phenoxy) is 1. The topological polar surface area (TPSA) is 58.8 Å². The van der Waals surface area contributed by atoms with Crippen molar-refractivity contribution >= 4 is 5.97 Å². The standard InChI is InChI=1S/C13H27N3O2/c1-11(10-13(2,14)12(17)18-4)16-7-5-6-15(3)8-9-16/h11H,5-10,14H2,1-4H3. The quantitative estimate of drug-likeness (QED) is 0.734. The molecule has 5 heteroatoms. The summed E-state index contributed by atoms with van der Waals surface area (Å²) < 4.78 is 4.75. The monoisotopic (exact) mass is 257 g/mol. The zero-order chi connectivity index (χ0) is 13.8. The summed E-state index contributed by atoms with van der Waals surface area (Å²) in [6.07, 6.45) is 1.80. The first-order chi connectivity index (χ1) is 8.36. The second kappa shape index (κ2) is 6.50. The van der Waals surface area contributed by atoms with Gasteiger partial charge < -0.3 is 15.4 Å². The molecule has 1 aliphatic heterocycles. The maximum Gasteiger partial charge on any atom is 0.325 e. The van der Waals surface area contributed by atoms with E-state index >= 15 is 0 Å². The Balaban J connectivity index is 2.53. The lowest BCUT2D eigenvalue weighted by atomic mass is 9.94. The molecule has 5 nitrogen and oxygen atoms in total. The van der Waals surface area contributed by atoms with E-state index in [4.69, 9.17) is 10.5 Å². The minimum absolute atomic E-state index is 0.297. The third kappa shape index (κ3) is 4.23. The predicted octanol–water partition coefficient (Wildman–Crippen LogP) is 0.293. The minimum atomic E-state index is -0.896. The van der Waals surface area contributed by atoms with Gasteiger partial charge in [0.25, 0.3) is 0 Å². The number of methoxy groups -OCH3 is 1. The smallest absolute Gasteiger partial charge is 0.325 e. The fraction of sp³-hybridized carbons (Fsp3) is 0.923. The van der Waals surface area contributed by atoms with Crippen LogP contribution in [0.4, 0.5) is 0 Å². The minimum Gasteiger partial charge on any atom is -0.468 e. The van der Waals surface area contributed by atoms with Gasteiger partial charge in [0.15, 0.2) is 0 Å². The van der Waals surface area contributed by atoms with Crippen LogP contribution in [-0.2, 0) is 9.53 Å². The average Bonchev–Trinajstić information content (AvgIpc) is 2.52. The van der Waals surface area contributed by atoms with Gasteiger partial charge in [-0.3, -0.25) is 9.69 Å². The van der Waals surface area contributed by atoms with Gasteiger partial charge in [-0.1, -0.05) is 0 Å². The van der Waals surface area contributed by atoms with E-state index in [2.05, 4.69) is 23.8 Å². The summed E-state index contributed by atoms with van der Waals surface area (Å²) >= 11 is 0. The molecule has 2 unspecified atom stereocenters. The van der Waals surface area contributed by atoms with Crippen LogP contribution in [0.1, 0.15) is 26.7 Å². The van der Waals surface area contributed by atoms with E-state index in [0.29, 0.717) is 12.5 Å². The molecular formula is C13H27N3O2. The number of likely N-dealkylation sites (N-methyl/N-ethyl adjacent to an activating group) is 1. The predicted molar refractivity (Wildman–Crippen MR) is 72.4 cm³/mol. The fourth-order valence-corrected chi connectivity index (χ4v) is 2.57. The zero-order valence-electron chi connectivity index (χ0n) is 12.1. The molecule has 0 radical (unpaired) electrons. The van der Waals surface area contributed by atoms with Crippen LogP contribution in [0.2, 0.25) is 0 Å². The second-order valence-corrected chi connectivity index (χ2v) is 5.65. The number of carbonyl (C=O) groups excluding carboxylic acids is 1. The van der Waals surface area contributed by atoms with E-state index in [1.54, 1.807) is 6.92 Å². The van der Waals surface area contributed by atoms with Gasteiger partial charge in [0.2, 0.25) is 0 Å². The summed E-state index contributed by atoms with van der Waals surface area (Å²) in [7, 11) is 3.54. The van der Waals surface area contributed by atoms with Gasteiger partial charge in [-0.25, -0.2) is 0 Å². The number of hydrogen-bond acceptors (Lipinski definition) is 5. The summed E-state index contributed by atoms with van der Waals surface area (Å²) in [5, 5.41) is 0. The summed E-state index contributed by atoms with van der Waals surface area (Å²) in [6.45, 7) is 8.21. The van der Waals surface area contributed by atoms with Gasteiger partial charge in [0, 0.05) is 19.1 Å². The van der Waals surface area contributed by atoms with Crippen molar-refractivity contribution in [3.63, 3.8) is 0 Å². The molecule has 1 aliphatic rings. The van der Waals surface area contributed by atoms with Gasteiger partial charge in [0.1, 0.15) is 5.54 Å². The molecule has 0 aromatic rings. The van der Waals surface area contributed by atoms with Crippen molar-refractivity contribution < 1.29 is 9.53 Å². The van der Waals surface area contributed by atoms with Crippen LogP contribution in [0.15, 0.2) is 0 Å². The van der Waals surface area contributed by atoms with Crippen molar-refractivity contribution in [1.82, 2.24) is 9.80 Å². The molecule has 1 fully saturated rings. The first-order valence-corrected chi connectivity index (χ1v) is 6.66. The Labute approximate surface area is 110 Å². The second-order valence-electron chi connectivity index (χ2n) is 5.65. The van der Waals surface area contributed by atoms with E-state index in [0.717, 1.165) is 26.2 Å². The van der Waals surface area contributed by atoms with Gasteiger partial charge in [-0.15, -0.1) is 0 Å². The number of nitrogens with two attached hydrogens (primary N) is 1. The van der Waals surface area contributed by atoms with Crippen molar-refractivity contribution in [2.45, 2.75) is 38.3 Å². The molecule has 0 bridgehead atoms.